The number of benzene rings is 2. The summed E-state index contributed by atoms with van der Waals surface area (Å²) in [6.45, 7) is 2.96. The van der Waals surface area contributed by atoms with Crippen LogP contribution in [0.15, 0.2) is 60.7 Å². The first-order chi connectivity index (χ1) is 11.3. The molecule has 2 aromatic rings. The molecule has 4 nitrogen and oxygen atoms in total. The Balaban J connectivity index is 1.50. The number of ether oxygens (including phenoxy) is 1. The molecule has 0 radical (unpaired) electrons. The molecule has 4 N–H and O–H groups in total. The van der Waals surface area contributed by atoms with Crippen molar-refractivity contribution in [1.29, 1.82) is 0 Å². The molecule has 0 bridgehead atoms. The van der Waals surface area contributed by atoms with Gasteiger partial charge >= 0.3 is 0 Å². The molecular formula is C19H25N3O. The first kappa shape index (κ1) is 16.1. The van der Waals surface area contributed by atoms with E-state index in [-0.39, 0.29) is 18.1 Å². The van der Waals surface area contributed by atoms with Gasteiger partial charge in [-0.2, -0.15) is 0 Å². The lowest BCUT2D eigenvalue weighted by Crippen LogP contribution is -2.62. The van der Waals surface area contributed by atoms with Crippen molar-refractivity contribution in [2.45, 2.75) is 31.2 Å². The Bertz CT molecular complexity index is 524. The van der Waals surface area contributed by atoms with Crippen molar-refractivity contribution in [3.63, 3.8) is 0 Å². The molecule has 0 aromatic heterocycles. The van der Waals surface area contributed by atoms with Crippen molar-refractivity contribution in [3.05, 3.63) is 71.8 Å². The quantitative estimate of drug-likeness (QED) is 0.759. The zero-order chi connectivity index (χ0) is 15.9. The first-order valence-corrected chi connectivity index (χ1v) is 8.21. The average Bonchev–Trinajstić information content (AvgIpc) is 2.61. The summed E-state index contributed by atoms with van der Waals surface area (Å²) < 4.78 is 5.74. The lowest BCUT2D eigenvalue weighted by molar-refractivity contribution is 0.0321. The van der Waals surface area contributed by atoms with Gasteiger partial charge in [-0.15, -0.1) is 0 Å². The van der Waals surface area contributed by atoms with Crippen molar-refractivity contribution < 1.29 is 4.74 Å². The molecule has 0 amide bonds. The van der Waals surface area contributed by atoms with Gasteiger partial charge in [0.1, 0.15) is 0 Å². The molecule has 0 aliphatic carbocycles. The van der Waals surface area contributed by atoms with E-state index in [4.69, 9.17) is 10.5 Å². The summed E-state index contributed by atoms with van der Waals surface area (Å²) in [5.41, 5.74) is 8.97. The number of nitrogens with two attached hydrogens (primary N) is 1. The Morgan fingerprint density at radius 2 is 1.22 bits per heavy atom. The summed E-state index contributed by atoms with van der Waals surface area (Å²) in [5.74, 6) is 0. The molecule has 1 fully saturated rings. The summed E-state index contributed by atoms with van der Waals surface area (Å²) in [7, 11) is 0. The molecule has 1 saturated heterocycles. The van der Waals surface area contributed by atoms with Gasteiger partial charge in [0, 0.05) is 31.2 Å². The molecule has 2 unspecified atom stereocenters. The minimum absolute atomic E-state index is 0.0381. The third-order valence-electron chi connectivity index (χ3n) is 4.35. The molecule has 0 spiro atoms. The fourth-order valence-corrected chi connectivity index (χ4v) is 2.90. The van der Waals surface area contributed by atoms with Crippen molar-refractivity contribution in [2.24, 2.45) is 5.73 Å². The smallest absolute Gasteiger partial charge is 0.0636 e. The highest BCUT2D eigenvalue weighted by Crippen LogP contribution is 2.10. The highest BCUT2D eigenvalue weighted by Gasteiger charge is 2.30. The molecule has 1 heterocycles. The van der Waals surface area contributed by atoms with Crippen LogP contribution in [-0.2, 0) is 17.8 Å². The predicted octanol–water partition coefficient (Wildman–Crippen LogP) is 1.66. The molecule has 23 heavy (non-hydrogen) atoms. The predicted molar refractivity (Wildman–Crippen MR) is 92.9 cm³/mol. The molecular weight excluding hydrogens is 286 g/mol. The van der Waals surface area contributed by atoms with E-state index in [1.165, 1.54) is 11.1 Å². The minimum atomic E-state index is 0.0381. The maximum absolute atomic E-state index is 6.45. The van der Waals surface area contributed by atoms with Gasteiger partial charge < -0.3 is 21.1 Å². The standard InChI is InChI=1S/C19H25N3O/c20-19-17(21-11-15-7-3-1-4-8-15)13-23-14-18(19)22-12-16-9-5-2-6-10-16/h1-10,17-19,21-22H,11-14,20H2/t17-,18?,19?/m0/s1. The van der Waals surface area contributed by atoms with E-state index in [1.807, 2.05) is 12.1 Å². The van der Waals surface area contributed by atoms with Gasteiger partial charge in [0.05, 0.1) is 13.2 Å². The maximum Gasteiger partial charge on any atom is 0.0636 e. The van der Waals surface area contributed by atoms with Crippen LogP contribution in [0.5, 0.6) is 0 Å². The van der Waals surface area contributed by atoms with Crippen molar-refractivity contribution in [1.82, 2.24) is 10.6 Å². The second-order valence-corrected chi connectivity index (χ2v) is 6.06. The van der Waals surface area contributed by atoms with Crippen molar-refractivity contribution in [3.8, 4) is 0 Å². The first-order valence-electron chi connectivity index (χ1n) is 8.21. The molecule has 1 aliphatic rings. The van der Waals surface area contributed by atoms with Gasteiger partial charge in [0.15, 0.2) is 0 Å². The lowest BCUT2D eigenvalue weighted by Gasteiger charge is -2.37. The third-order valence-corrected chi connectivity index (χ3v) is 4.35. The molecule has 1 aliphatic heterocycles. The Morgan fingerprint density at radius 1 is 0.783 bits per heavy atom. The van der Waals surface area contributed by atoms with Crippen molar-refractivity contribution in [2.75, 3.05) is 13.2 Å². The van der Waals surface area contributed by atoms with E-state index in [2.05, 4.69) is 59.2 Å². The van der Waals surface area contributed by atoms with Crippen LogP contribution >= 0.6 is 0 Å². The molecule has 3 rings (SSSR count). The number of hydrogen-bond acceptors (Lipinski definition) is 4. The highest BCUT2D eigenvalue weighted by molar-refractivity contribution is 5.15. The van der Waals surface area contributed by atoms with Gasteiger partial charge in [0.2, 0.25) is 0 Å². The summed E-state index contributed by atoms with van der Waals surface area (Å²) >= 11 is 0. The molecule has 122 valence electrons. The normalized spacial score (nSPS) is 24.5. The van der Waals surface area contributed by atoms with Gasteiger partial charge in [-0.1, -0.05) is 60.7 Å². The van der Waals surface area contributed by atoms with Crippen LogP contribution in [-0.4, -0.2) is 31.3 Å². The lowest BCUT2D eigenvalue weighted by atomic mass is 9.98. The molecule has 0 saturated carbocycles. The van der Waals surface area contributed by atoms with E-state index < -0.39 is 0 Å². The Labute approximate surface area is 138 Å². The fraction of sp³-hybridized carbons (Fsp3) is 0.368. The maximum atomic E-state index is 6.45. The Morgan fingerprint density at radius 3 is 1.65 bits per heavy atom. The van der Waals surface area contributed by atoms with Crippen LogP contribution in [0.3, 0.4) is 0 Å². The highest BCUT2D eigenvalue weighted by atomic mass is 16.5. The van der Waals surface area contributed by atoms with Crippen LogP contribution in [0.25, 0.3) is 0 Å². The Hall–Kier alpha value is -1.72. The second kappa shape index (κ2) is 8.22. The number of hydrogen-bond donors (Lipinski definition) is 3. The van der Waals surface area contributed by atoms with Crippen molar-refractivity contribution >= 4 is 0 Å². The van der Waals surface area contributed by atoms with E-state index >= 15 is 0 Å². The summed E-state index contributed by atoms with van der Waals surface area (Å²) in [4.78, 5) is 0. The monoisotopic (exact) mass is 311 g/mol. The number of rotatable bonds is 6. The van der Waals surface area contributed by atoms with Gasteiger partial charge in [-0.05, 0) is 11.1 Å². The Kier molecular flexibility index (Phi) is 5.77. The van der Waals surface area contributed by atoms with Crippen LogP contribution in [0, 0.1) is 0 Å². The van der Waals surface area contributed by atoms with E-state index in [0.29, 0.717) is 13.2 Å². The summed E-state index contributed by atoms with van der Waals surface area (Å²) in [6.07, 6.45) is 0. The summed E-state index contributed by atoms with van der Waals surface area (Å²) in [5, 5.41) is 7.05. The number of nitrogens with one attached hydrogen (secondary N) is 2. The molecule has 3 atom stereocenters. The zero-order valence-corrected chi connectivity index (χ0v) is 13.3. The van der Waals surface area contributed by atoms with Crippen LogP contribution in [0.1, 0.15) is 11.1 Å². The topological polar surface area (TPSA) is 59.3 Å². The van der Waals surface area contributed by atoms with E-state index in [1.54, 1.807) is 0 Å². The fourth-order valence-electron chi connectivity index (χ4n) is 2.90. The molecule has 2 aromatic carbocycles. The zero-order valence-electron chi connectivity index (χ0n) is 13.3. The van der Waals surface area contributed by atoms with Crippen LogP contribution in [0.4, 0.5) is 0 Å². The second-order valence-electron chi connectivity index (χ2n) is 6.06. The van der Waals surface area contributed by atoms with E-state index in [0.717, 1.165) is 13.1 Å². The molecule has 4 heteroatoms. The van der Waals surface area contributed by atoms with Crippen LogP contribution in [0.2, 0.25) is 0 Å². The average molecular weight is 311 g/mol. The van der Waals surface area contributed by atoms with E-state index in [9.17, 15) is 0 Å². The van der Waals surface area contributed by atoms with Crippen LogP contribution < -0.4 is 16.4 Å². The van der Waals surface area contributed by atoms with Gasteiger partial charge in [0.25, 0.3) is 0 Å². The minimum Gasteiger partial charge on any atom is -0.378 e. The summed E-state index contributed by atoms with van der Waals surface area (Å²) in [6, 6.07) is 21.1. The largest absolute Gasteiger partial charge is 0.378 e. The van der Waals surface area contributed by atoms with Gasteiger partial charge in [-0.25, -0.2) is 0 Å². The SMILES string of the molecule is NC1C(NCc2ccccc2)COC[C@@H]1NCc1ccccc1. The third kappa shape index (κ3) is 4.62. The van der Waals surface area contributed by atoms with Gasteiger partial charge in [-0.3, -0.25) is 0 Å².